The Morgan fingerprint density at radius 3 is 2.86 bits per heavy atom. The molecule has 0 amide bonds. The molecule has 1 aliphatic rings. The maximum atomic E-state index is 11.3. The van der Waals surface area contributed by atoms with Gasteiger partial charge in [0.1, 0.15) is 5.82 Å². The summed E-state index contributed by atoms with van der Waals surface area (Å²) in [5.41, 5.74) is 0.902. The van der Waals surface area contributed by atoms with E-state index in [-0.39, 0.29) is 5.97 Å². The van der Waals surface area contributed by atoms with E-state index < -0.39 is 0 Å². The van der Waals surface area contributed by atoms with Crippen LogP contribution in [0.25, 0.3) is 0 Å². The predicted octanol–water partition coefficient (Wildman–Crippen LogP) is 0.921. The Morgan fingerprint density at radius 2 is 2.27 bits per heavy atom. The number of nitrogens with zero attached hydrogens (tertiary/aromatic N) is 3. The number of terminal acetylenes is 1. The maximum absolute atomic E-state index is 11.3. The number of anilines is 2. The van der Waals surface area contributed by atoms with Crippen LogP contribution in [0.1, 0.15) is 6.42 Å². The van der Waals surface area contributed by atoms with Gasteiger partial charge in [0.05, 0.1) is 45.2 Å². The van der Waals surface area contributed by atoms with Crippen molar-refractivity contribution in [2.24, 2.45) is 0 Å². The fraction of sp³-hybridized carbons (Fsp3) is 0.500. The third kappa shape index (κ3) is 4.37. The first-order valence-corrected chi connectivity index (χ1v) is 7.28. The molecular weight excluding hydrogens is 282 g/mol. The van der Waals surface area contributed by atoms with Crippen LogP contribution in [0.15, 0.2) is 18.3 Å². The van der Waals surface area contributed by atoms with Gasteiger partial charge >= 0.3 is 5.97 Å². The average Bonchev–Trinajstić information content (AvgIpc) is 2.59. The molecule has 22 heavy (non-hydrogen) atoms. The van der Waals surface area contributed by atoms with Gasteiger partial charge in [-0.05, 0) is 12.1 Å². The fourth-order valence-corrected chi connectivity index (χ4v) is 2.28. The van der Waals surface area contributed by atoms with Gasteiger partial charge in [0.25, 0.3) is 0 Å². The fourth-order valence-electron chi connectivity index (χ4n) is 2.28. The largest absolute Gasteiger partial charge is 0.469 e. The summed E-state index contributed by atoms with van der Waals surface area (Å²) in [5.74, 6) is 3.29. The van der Waals surface area contributed by atoms with Crippen LogP contribution < -0.4 is 9.80 Å². The van der Waals surface area contributed by atoms with Crippen molar-refractivity contribution in [2.75, 3.05) is 56.3 Å². The Hall–Kier alpha value is -2.26. The molecule has 118 valence electrons. The second-order valence-electron chi connectivity index (χ2n) is 4.93. The van der Waals surface area contributed by atoms with Crippen molar-refractivity contribution in [1.82, 2.24) is 4.98 Å². The van der Waals surface area contributed by atoms with Crippen LogP contribution >= 0.6 is 0 Å². The molecule has 1 aliphatic heterocycles. The highest BCUT2D eigenvalue weighted by Crippen LogP contribution is 2.18. The van der Waals surface area contributed by atoms with E-state index in [1.54, 1.807) is 6.20 Å². The van der Waals surface area contributed by atoms with Gasteiger partial charge in [-0.1, -0.05) is 5.92 Å². The van der Waals surface area contributed by atoms with E-state index in [0.717, 1.165) is 37.8 Å². The topological polar surface area (TPSA) is 54.9 Å². The highest BCUT2D eigenvalue weighted by molar-refractivity contribution is 5.70. The number of ether oxygens (including phenoxy) is 2. The van der Waals surface area contributed by atoms with Crippen LogP contribution in [-0.2, 0) is 14.3 Å². The standard InChI is InChI=1S/C16H21N3O3/c1-3-7-18(8-6-16(20)21-2)14-4-5-15(17-13-14)19-9-11-22-12-10-19/h1,4-5,13H,6-12H2,2H3. The van der Waals surface area contributed by atoms with E-state index in [1.807, 2.05) is 17.0 Å². The van der Waals surface area contributed by atoms with Crippen molar-refractivity contribution in [3.8, 4) is 12.3 Å². The van der Waals surface area contributed by atoms with Gasteiger partial charge in [0, 0.05) is 19.6 Å². The molecule has 2 heterocycles. The van der Waals surface area contributed by atoms with E-state index in [2.05, 4.69) is 20.5 Å². The summed E-state index contributed by atoms with van der Waals surface area (Å²) >= 11 is 0. The lowest BCUT2D eigenvalue weighted by Crippen LogP contribution is -2.36. The summed E-state index contributed by atoms with van der Waals surface area (Å²) < 4.78 is 10.00. The van der Waals surface area contributed by atoms with Gasteiger partial charge in [-0.3, -0.25) is 4.79 Å². The van der Waals surface area contributed by atoms with E-state index >= 15 is 0 Å². The van der Waals surface area contributed by atoms with Gasteiger partial charge in [-0.2, -0.15) is 0 Å². The van der Waals surface area contributed by atoms with Gasteiger partial charge in [0.2, 0.25) is 0 Å². The number of pyridine rings is 1. The van der Waals surface area contributed by atoms with E-state index in [4.69, 9.17) is 11.2 Å². The van der Waals surface area contributed by atoms with Crippen LogP contribution in [0.4, 0.5) is 11.5 Å². The molecule has 0 aromatic carbocycles. The van der Waals surface area contributed by atoms with Crippen molar-refractivity contribution >= 4 is 17.5 Å². The van der Waals surface area contributed by atoms with E-state index in [9.17, 15) is 4.79 Å². The first-order chi connectivity index (χ1) is 10.7. The number of methoxy groups -OCH3 is 1. The minimum absolute atomic E-state index is 0.250. The Bertz CT molecular complexity index is 518. The number of aromatic nitrogens is 1. The molecule has 0 bridgehead atoms. The van der Waals surface area contributed by atoms with Crippen molar-refractivity contribution in [3.63, 3.8) is 0 Å². The predicted molar refractivity (Wildman–Crippen MR) is 84.9 cm³/mol. The second kappa shape index (κ2) is 8.25. The number of carbonyl (C=O) groups excluding carboxylic acids is 1. The van der Waals surface area contributed by atoms with Crippen molar-refractivity contribution in [1.29, 1.82) is 0 Å². The second-order valence-corrected chi connectivity index (χ2v) is 4.93. The van der Waals surface area contributed by atoms with Crippen LogP contribution in [0.3, 0.4) is 0 Å². The van der Waals surface area contributed by atoms with Crippen molar-refractivity contribution < 1.29 is 14.3 Å². The first-order valence-electron chi connectivity index (χ1n) is 7.28. The molecule has 0 atom stereocenters. The zero-order chi connectivity index (χ0) is 15.8. The van der Waals surface area contributed by atoms with Crippen molar-refractivity contribution in [3.05, 3.63) is 18.3 Å². The summed E-state index contributed by atoms with van der Waals surface area (Å²) in [6, 6.07) is 3.95. The van der Waals surface area contributed by atoms with Gasteiger partial charge in [-0.25, -0.2) is 4.98 Å². The summed E-state index contributed by atoms with van der Waals surface area (Å²) in [6.07, 6.45) is 7.49. The molecular formula is C16H21N3O3. The Morgan fingerprint density at radius 1 is 1.50 bits per heavy atom. The Labute approximate surface area is 131 Å². The minimum atomic E-state index is -0.250. The van der Waals surface area contributed by atoms with Crippen LogP contribution in [0.5, 0.6) is 0 Å². The zero-order valence-corrected chi connectivity index (χ0v) is 12.8. The number of hydrogen-bond acceptors (Lipinski definition) is 6. The summed E-state index contributed by atoms with van der Waals surface area (Å²) in [7, 11) is 1.38. The van der Waals surface area contributed by atoms with E-state index in [1.165, 1.54) is 7.11 Å². The van der Waals surface area contributed by atoms with Crippen LogP contribution in [0, 0.1) is 12.3 Å². The Kier molecular flexibility index (Phi) is 6.04. The molecule has 1 aromatic heterocycles. The average molecular weight is 303 g/mol. The van der Waals surface area contributed by atoms with Crippen molar-refractivity contribution in [2.45, 2.75) is 6.42 Å². The number of morpholine rings is 1. The first kappa shape index (κ1) is 16.1. The number of carbonyl (C=O) groups is 1. The molecule has 6 nitrogen and oxygen atoms in total. The molecule has 0 spiro atoms. The molecule has 0 saturated carbocycles. The van der Waals surface area contributed by atoms with Crippen LogP contribution in [-0.4, -0.2) is 57.5 Å². The number of rotatable bonds is 6. The summed E-state index contributed by atoms with van der Waals surface area (Å²) in [4.78, 5) is 19.9. The third-order valence-corrected chi connectivity index (χ3v) is 3.53. The summed E-state index contributed by atoms with van der Waals surface area (Å²) in [5, 5.41) is 0. The molecule has 0 aliphatic carbocycles. The quantitative estimate of drug-likeness (QED) is 0.575. The smallest absolute Gasteiger partial charge is 0.307 e. The maximum Gasteiger partial charge on any atom is 0.307 e. The molecule has 0 N–H and O–H groups in total. The molecule has 2 rings (SSSR count). The normalized spacial score (nSPS) is 14.3. The molecule has 0 unspecified atom stereocenters. The molecule has 1 aromatic rings. The third-order valence-electron chi connectivity index (χ3n) is 3.53. The number of hydrogen-bond donors (Lipinski definition) is 0. The number of esters is 1. The van der Waals surface area contributed by atoms with Gasteiger partial charge < -0.3 is 19.3 Å². The zero-order valence-electron chi connectivity index (χ0n) is 12.8. The lowest BCUT2D eigenvalue weighted by molar-refractivity contribution is -0.140. The van der Waals surface area contributed by atoms with E-state index in [0.29, 0.717) is 19.5 Å². The molecule has 6 heteroatoms. The molecule has 1 fully saturated rings. The summed E-state index contributed by atoms with van der Waals surface area (Å²) in [6.45, 7) is 4.09. The molecule has 1 saturated heterocycles. The van der Waals surface area contributed by atoms with Gasteiger partial charge in [-0.15, -0.1) is 6.42 Å². The van der Waals surface area contributed by atoms with Crippen LogP contribution in [0.2, 0.25) is 0 Å². The molecule has 0 radical (unpaired) electrons. The monoisotopic (exact) mass is 303 g/mol. The highest BCUT2D eigenvalue weighted by Gasteiger charge is 2.13. The SMILES string of the molecule is C#CCN(CCC(=O)OC)c1ccc(N2CCOCC2)nc1. The minimum Gasteiger partial charge on any atom is -0.469 e. The Balaban J connectivity index is 2.01. The highest BCUT2D eigenvalue weighted by atomic mass is 16.5. The lowest BCUT2D eigenvalue weighted by Gasteiger charge is -2.28. The van der Waals surface area contributed by atoms with Gasteiger partial charge in [0.15, 0.2) is 0 Å². The lowest BCUT2D eigenvalue weighted by atomic mass is 10.3.